The number of anilines is 1. The Bertz CT molecular complexity index is 689. The Hall–Kier alpha value is -1.97. The quantitative estimate of drug-likeness (QED) is 0.829. The smallest absolute Gasteiger partial charge is 0.406 e. The van der Waals surface area contributed by atoms with Crippen LogP contribution in [0.2, 0.25) is 0 Å². The molecule has 1 fully saturated rings. The van der Waals surface area contributed by atoms with Crippen molar-refractivity contribution in [1.82, 2.24) is 5.32 Å². The highest BCUT2D eigenvalue weighted by Gasteiger charge is 2.31. The lowest BCUT2D eigenvalue weighted by Gasteiger charge is -2.18. The zero-order valence-corrected chi connectivity index (χ0v) is 13.6. The fourth-order valence-corrected chi connectivity index (χ4v) is 3.98. The summed E-state index contributed by atoms with van der Waals surface area (Å²) in [5.74, 6) is -0.760. The number of alkyl halides is 3. The molecule has 6 nitrogen and oxygen atoms in total. The van der Waals surface area contributed by atoms with Gasteiger partial charge in [-0.3, -0.25) is 4.79 Å². The van der Waals surface area contributed by atoms with Crippen LogP contribution in [-0.2, 0) is 14.6 Å². The first-order valence-corrected chi connectivity index (χ1v) is 8.99. The molecular formula is C14H17F3N2O4S. The minimum atomic E-state index is -4.76. The highest BCUT2D eigenvalue weighted by Crippen LogP contribution is 2.24. The van der Waals surface area contributed by atoms with Crippen molar-refractivity contribution in [3.63, 3.8) is 0 Å². The van der Waals surface area contributed by atoms with Crippen LogP contribution in [-0.4, -0.2) is 44.3 Å². The number of benzene rings is 1. The molecule has 0 bridgehead atoms. The van der Waals surface area contributed by atoms with E-state index >= 15 is 0 Å². The van der Waals surface area contributed by atoms with E-state index < -0.39 is 28.3 Å². The Kier molecular flexibility index (Phi) is 5.26. The van der Waals surface area contributed by atoms with Gasteiger partial charge in [0.1, 0.15) is 11.8 Å². The molecule has 0 saturated carbocycles. The highest BCUT2D eigenvalue weighted by atomic mass is 32.2. The maximum absolute atomic E-state index is 12.1. The maximum Gasteiger partial charge on any atom is 0.573 e. The van der Waals surface area contributed by atoms with Gasteiger partial charge in [-0.05, 0) is 37.6 Å². The largest absolute Gasteiger partial charge is 0.573 e. The van der Waals surface area contributed by atoms with Crippen LogP contribution in [0, 0.1) is 0 Å². The van der Waals surface area contributed by atoms with Crippen LogP contribution in [0.3, 0.4) is 0 Å². The first-order valence-electron chi connectivity index (χ1n) is 7.17. The van der Waals surface area contributed by atoms with E-state index in [1.54, 1.807) is 6.92 Å². The second kappa shape index (κ2) is 6.88. The van der Waals surface area contributed by atoms with Gasteiger partial charge in [0.2, 0.25) is 5.91 Å². The average Bonchev–Trinajstić information content (AvgIpc) is 2.78. The second-order valence-electron chi connectivity index (χ2n) is 5.55. The Morgan fingerprint density at radius 1 is 1.29 bits per heavy atom. The molecule has 2 atom stereocenters. The molecule has 1 aromatic rings. The predicted molar refractivity (Wildman–Crippen MR) is 81.4 cm³/mol. The van der Waals surface area contributed by atoms with Crippen molar-refractivity contribution >= 4 is 21.4 Å². The first kappa shape index (κ1) is 18.4. The van der Waals surface area contributed by atoms with E-state index in [4.69, 9.17) is 0 Å². The highest BCUT2D eigenvalue weighted by molar-refractivity contribution is 7.91. The van der Waals surface area contributed by atoms with Crippen LogP contribution < -0.4 is 15.4 Å². The van der Waals surface area contributed by atoms with Crippen LogP contribution >= 0.6 is 0 Å². The molecule has 10 heteroatoms. The summed E-state index contributed by atoms with van der Waals surface area (Å²) in [5.41, 5.74) is 0.436. The van der Waals surface area contributed by atoms with E-state index in [-0.39, 0.29) is 23.2 Å². The number of hydrogen-bond donors (Lipinski definition) is 2. The normalized spacial score (nSPS) is 21.1. The van der Waals surface area contributed by atoms with Crippen LogP contribution in [0.4, 0.5) is 18.9 Å². The molecule has 0 aliphatic carbocycles. The van der Waals surface area contributed by atoms with Gasteiger partial charge in [-0.25, -0.2) is 8.42 Å². The van der Waals surface area contributed by atoms with Crippen molar-refractivity contribution in [2.75, 3.05) is 16.8 Å². The molecule has 1 aliphatic heterocycles. The lowest BCUT2D eigenvalue weighted by molar-refractivity contribution is -0.274. The van der Waals surface area contributed by atoms with Gasteiger partial charge < -0.3 is 15.4 Å². The molecule has 1 heterocycles. The SMILES string of the molecule is C[C@@H](Nc1ccc(OC(F)(F)F)cc1)C(=O)N[C@H]1CCS(=O)(=O)C1. The van der Waals surface area contributed by atoms with E-state index in [9.17, 15) is 26.4 Å². The summed E-state index contributed by atoms with van der Waals surface area (Å²) < 4.78 is 62.7. The van der Waals surface area contributed by atoms with Crippen molar-refractivity contribution < 1.29 is 31.1 Å². The molecule has 0 radical (unpaired) electrons. The number of hydrogen-bond acceptors (Lipinski definition) is 5. The van der Waals surface area contributed by atoms with E-state index in [0.29, 0.717) is 12.1 Å². The third-order valence-electron chi connectivity index (χ3n) is 3.44. The zero-order valence-electron chi connectivity index (χ0n) is 12.8. The maximum atomic E-state index is 12.1. The third-order valence-corrected chi connectivity index (χ3v) is 5.21. The topological polar surface area (TPSA) is 84.5 Å². The number of ether oxygens (including phenoxy) is 1. The lowest BCUT2D eigenvalue weighted by atomic mass is 10.2. The van der Waals surface area contributed by atoms with Gasteiger partial charge in [-0.15, -0.1) is 13.2 Å². The van der Waals surface area contributed by atoms with Gasteiger partial charge in [0.15, 0.2) is 9.84 Å². The van der Waals surface area contributed by atoms with Gasteiger partial charge in [0.25, 0.3) is 0 Å². The molecule has 2 rings (SSSR count). The fourth-order valence-electron chi connectivity index (χ4n) is 2.30. The van der Waals surface area contributed by atoms with Crippen LogP contribution in [0.25, 0.3) is 0 Å². The first-order chi connectivity index (χ1) is 11.0. The minimum Gasteiger partial charge on any atom is -0.406 e. The Morgan fingerprint density at radius 2 is 1.92 bits per heavy atom. The molecule has 1 amide bonds. The van der Waals surface area contributed by atoms with E-state index in [1.165, 1.54) is 12.1 Å². The summed E-state index contributed by atoms with van der Waals surface area (Å²) in [6, 6.07) is 3.88. The molecule has 0 unspecified atom stereocenters. The number of carbonyl (C=O) groups excluding carboxylic acids is 1. The molecule has 1 aromatic carbocycles. The Balaban J connectivity index is 1.87. The number of rotatable bonds is 5. The monoisotopic (exact) mass is 366 g/mol. The predicted octanol–water partition coefficient (Wildman–Crippen LogP) is 1.69. The summed E-state index contributed by atoms with van der Waals surface area (Å²) in [5, 5.41) is 5.47. The molecule has 1 saturated heterocycles. The Morgan fingerprint density at radius 3 is 2.42 bits per heavy atom. The zero-order chi connectivity index (χ0) is 18.0. The summed E-state index contributed by atoms with van der Waals surface area (Å²) in [7, 11) is -3.09. The Labute approximate surface area is 137 Å². The molecule has 0 aromatic heterocycles. The summed E-state index contributed by atoms with van der Waals surface area (Å²) >= 11 is 0. The number of carbonyl (C=O) groups is 1. The van der Waals surface area contributed by atoms with Gasteiger partial charge in [-0.2, -0.15) is 0 Å². The summed E-state index contributed by atoms with van der Waals surface area (Å²) in [6.45, 7) is 1.57. The van der Waals surface area contributed by atoms with Crippen molar-refractivity contribution in [2.45, 2.75) is 31.8 Å². The van der Waals surface area contributed by atoms with Gasteiger partial charge in [-0.1, -0.05) is 0 Å². The van der Waals surface area contributed by atoms with Crippen LogP contribution in [0.5, 0.6) is 5.75 Å². The molecule has 134 valence electrons. The second-order valence-corrected chi connectivity index (χ2v) is 7.78. The lowest BCUT2D eigenvalue weighted by Crippen LogP contribution is -2.43. The molecule has 1 aliphatic rings. The van der Waals surface area contributed by atoms with E-state index in [1.807, 2.05) is 0 Å². The number of amides is 1. The molecule has 2 N–H and O–H groups in total. The van der Waals surface area contributed by atoms with Crippen molar-refractivity contribution in [2.24, 2.45) is 0 Å². The van der Waals surface area contributed by atoms with E-state index in [2.05, 4.69) is 15.4 Å². The van der Waals surface area contributed by atoms with Gasteiger partial charge in [0, 0.05) is 11.7 Å². The molecular weight excluding hydrogens is 349 g/mol. The van der Waals surface area contributed by atoms with Crippen molar-refractivity contribution in [3.05, 3.63) is 24.3 Å². The van der Waals surface area contributed by atoms with E-state index in [0.717, 1.165) is 12.1 Å². The van der Waals surface area contributed by atoms with Crippen molar-refractivity contribution in [1.29, 1.82) is 0 Å². The standard InChI is InChI=1S/C14H17F3N2O4S/c1-9(13(20)19-11-6-7-24(21,22)8-11)18-10-2-4-12(5-3-10)23-14(15,16)17/h2-5,9,11,18H,6-8H2,1H3,(H,19,20)/t9-,11+/m1/s1. The van der Waals surface area contributed by atoms with Gasteiger partial charge in [0.05, 0.1) is 11.5 Å². The van der Waals surface area contributed by atoms with Gasteiger partial charge >= 0.3 is 6.36 Å². The fraction of sp³-hybridized carbons (Fsp3) is 0.500. The number of sulfone groups is 1. The third kappa shape index (κ3) is 5.59. The molecule has 24 heavy (non-hydrogen) atoms. The van der Waals surface area contributed by atoms with Crippen molar-refractivity contribution in [3.8, 4) is 5.75 Å². The van der Waals surface area contributed by atoms with Crippen LogP contribution in [0.1, 0.15) is 13.3 Å². The summed E-state index contributed by atoms with van der Waals surface area (Å²) in [6.07, 6.45) is -4.38. The summed E-state index contributed by atoms with van der Waals surface area (Å²) in [4.78, 5) is 12.0. The number of halogens is 3. The number of nitrogens with one attached hydrogen (secondary N) is 2. The minimum absolute atomic E-state index is 0.0560. The van der Waals surface area contributed by atoms with Crippen LogP contribution in [0.15, 0.2) is 24.3 Å². The average molecular weight is 366 g/mol. The molecule has 0 spiro atoms.